The number of carbonyl (C=O) groups is 3. The number of thioether (sulfide) groups is 1. The monoisotopic (exact) mass is 523 g/mol. The van der Waals surface area contributed by atoms with Gasteiger partial charge in [0.1, 0.15) is 6.04 Å². The van der Waals surface area contributed by atoms with Gasteiger partial charge in [0.05, 0.1) is 29.2 Å². The Bertz CT molecular complexity index is 1110. The largest absolute Gasteiger partial charge is 0.394 e. The Morgan fingerprint density at radius 2 is 1.81 bits per heavy atom. The zero-order valence-electron chi connectivity index (χ0n) is 21.8. The third-order valence-corrected chi connectivity index (χ3v) is 9.99. The third-order valence-electron chi connectivity index (χ3n) is 8.25. The standard InChI is InChI=1S/C29H37N3O4S/c1-4-14-30-15-8-12-22-23(26(30)34)24-27(35)32(21(18-33)17-20-10-6-5-7-11-20)25-28(36)31(19(2)3)16-9-13-29(24,25)37-22/h5-13,19,21-25,33H,4,14-18H2,1-3H3/t21-,22+,23-,24+,25?,29+/m1/s1. The van der Waals surface area contributed by atoms with E-state index in [0.29, 0.717) is 26.1 Å². The summed E-state index contributed by atoms with van der Waals surface area (Å²) in [7, 11) is 0. The van der Waals surface area contributed by atoms with Gasteiger partial charge in [-0.05, 0) is 32.3 Å². The molecular formula is C29H37N3O4S. The van der Waals surface area contributed by atoms with Crippen LogP contribution in [0.3, 0.4) is 0 Å². The average molecular weight is 524 g/mol. The molecule has 1 aromatic rings. The van der Waals surface area contributed by atoms with E-state index in [1.54, 1.807) is 16.7 Å². The molecule has 7 nitrogen and oxygen atoms in total. The van der Waals surface area contributed by atoms with E-state index in [2.05, 4.69) is 6.08 Å². The molecule has 4 aliphatic rings. The Morgan fingerprint density at radius 1 is 1.05 bits per heavy atom. The van der Waals surface area contributed by atoms with Crippen LogP contribution in [0.5, 0.6) is 0 Å². The molecule has 2 fully saturated rings. The zero-order chi connectivity index (χ0) is 26.3. The molecular weight excluding hydrogens is 486 g/mol. The van der Waals surface area contributed by atoms with Crippen molar-refractivity contribution in [2.45, 2.75) is 61.7 Å². The summed E-state index contributed by atoms with van der Waals surface area (Å²) in [5.41, 5.74) is 0.992. The van der Waals surface area contributed by atoms with Crippen molar-refractivity contribution in [3.05, 3.63) is 60.2 Å². The van der Waals surface area contributed by atoms with E-state index in [1.807, 2.05) is 79.1 Å². The van der Waals surface area contributed by atoms with Gasteiger partial charge in [0.25, 0.3) is 0 Å². The molecule has 0 saturated carbocycles. The summed E-state index contributed by atoms with van der Waals surface area (Å²) < 4.78 is -0.855. The van der Waals surface area contributed by atoms with Crippen LogP contribution in [0, 0.1) is 11.8 Å². The molecule has 0 aliphatic carbocycles. The molecule has 0 bridgehead atoms. The van der Waals surface area contributed by atoms with Crippen LogP contribution < -0.4 is 0 Å². The number of nitrogens with zero attached hydrogens (tertiary/aromatic N) is 3. The minimum atomic E-state index is -0.855. The maximum absolute atomic E-state index is 14.5. The van der Waals surface area contributed by atoms with E-state index < -0.39 is 28.7 Å². The quantitative estimate of drug-likeness (QED) is 0.556. The first-order valence-electron chi connectivity index (χ1n) is 13.4. The van der Waals surface area contributed by atoms with Gasteiger partial charge in [-0.25, -0.2) is 0 Å². The molecule has 2 saturated heterocycles. The summed E-state index contributed by atoms with van der Waals surface area (Å²) in [5, 5.41) is 10.4. The van der Waals surface area contributed by atoms with Crippen LogP contribution in [0.2, 0.25) is 0 Å². The smallest absolute Gasteiger partial charge is 0.247 e. The van der Waals surface area contributed by atoms with Crippen molar-refractivity contribution in [2.75, 3.05) is 26.2 Å². The van der Waals surface area contributed by atoms with Gasteiger partial charge in [-0.15, -0.1) is 11.8 Å². The van der Waals surface area contributed by atoms with E-state index in [-0.39, 0.29) is 35.6 Å². The van der Waals surface area contributed by atoms with E-state index in [4.69, 9.17) is 0 Å². The van der Waals surface area contributed by atoms with Crippen molar-refractivity contribution < 1.29 is 19.5 Å². The first-order valence-corrected chi connectivity index (χ1v) is 14.3. The zero-order valence-corrected chi connectivity index (χ0v) is 22.6. The highest BCUT2D eigenvalue weighted by molar-refractivity contribution is 8.02. The van der Waals surface area contributed by atoms with Crippen LogP contribution in [-0.4, -0.2) is 91.9 Å². The van der Waals surface area contributed by atoms with Crippen molar-refractivity contribution in [3.63, 3.8) is 0 Å². The fraction of sp³-hybridized carbons (Fsp3) is 0.552. The van der Waals surface area contributed by atoms with Gasteiger partial charge in [0.2, 0.25) is 17.7 Å². The minimum absolute atomic E-state index is 0.00501. The number of benzene rings is 1. The van der Waals surface area contributed by atoms with Gasteiger partial charge in [-0.2, -0.15) is 0 Å². The van der Waals surface area contributed by atoms with Gasteiger partial charge in [0, 0.05) is 30.9 Å². The molecule has 5 rings (SSSR count). The van der Waals surface area contributed by atoms with Crippen molar-refractivity contribution in [3.8, 4) is 0 Å². The van der Waals surface area contributed by atoms with Crippen molar-refractivity contribution in [2.24, 2.45) is 11.8 Å². The van der Waals surface area contributed by atoms with Crippen LogP contribution in [0.25, 0.3) is 0 Å². The predicted molar refractivity (Wildman–Crippen MR) is 145 cm³/mol. The lowest BCUT2D eigenvalue weighted by atomic mass is 9.78. The fourth-order valence-electron chi connectivity index (χ4n) is 6.61. The van der Waals surface area contributed by atoms with Crippen molar-refractivity contribution in [1.29, 1.82) is 0 Å². The van der Waals surface area contributed by atoms with Crippen LogP contribution in [0.4, 0.5) is 0 Å². The second-order valence-electron chi connectivity index (χ2n) is 10.8. The average Bonchev–Trinajstić information content (AvgIpc) is 3.20. The Kier molecular flexibility index (Phi) is 7.24. The first kappa shape index (κ1) is 26.0. The number of likely N-dealkylation sites (tertiary alicyclic amines) is 1. The van der Waals surface area contributed by atoms with Crippen molar-refractivity contribution >= 4 is 29.5 Å². The molecule has 8 heteroatoms. The number of rotatable bonds is 7. The molecule has 4 aliphatic heterocycles. The highest BCUT2D eigenvalue weighted by Gasteiger charge is 2.71. The van der Waals surface area contributed by atoms with Gasteiger partial charge in [-0.1, -0.05) is 61.6 Å². The number of aliphatic hydroxyl groups is 1. The Hall–Kier alpha value is -2.58. The molecule has 1 aromatic carbocycles. The summed E-state index contributed by atoms with van der Waals surface area (Å²) in [6.45, 7) is 7.41. The maximum atomic E-state index is 14.5. The molecule has 1 N–H and O–H groups in total. The molecule has 198 valence electrons. The number of hydrogen-bond donors (Lipinski definition) is 1. The summed E-state index contributed by atoms with van der Waals surface area (Å²) in [6.07, 6.45) is 9.44. The van der Waals surface area contributed by atoms with Gasteiger partial charge in [-0.3, -0.25) is 14.4 Å². The van der Waals surface area contributed by atoms with Crippen LogP contribution in [0.15, 0.2) is 54.6 Å². The predicted octanol–water partition coefficient (Wildman–Crippen LogP) is 2.50. The summed E-state index contributed by atoms with van der Waals surface area (Å²) >= 11 is 1.59. The molecule has 3 amide bonds. The lowest BCUT2D eigenvalue weighted by molar-refractivity contribution is -0.147. The molecule has 1 spiro atoms. The van der Waals surface area contributed by atoms with Gasteiger partial charge >= 0.3 is 0 Å². The summed E-state index contributed by atoms with van der Waals surface area (Å²) in [6, 6.07) is 8.38. The summed E-state index contributed by atoms with van der Waals surface area (Å²) in [5.74, 6) is -1.49. The maximum Gasteiger partial charge on any atom is 0.247 e. The normalized spacial score (nSPS) is 31.9. The number of carbonyl (C=O) groups excluding carboxylic acids is 3. The third kappa shape index (κ3) is 4.22. The lowest BCUT2D eigenvalue weighted by Gasteiger charge is -2.39. The van der Waals surface area contributed by atoms with E-state index >= 15 is 0 Å². The second-order valence-corrected chi connectivity index (χ2v) is 12.3. The van der Waals surface area contributed by atoms with E-state index in [0.717, 1.165) is 12.0 Å². The number of hydrogen-bond acceptors (Lipinski definition) is 5. The fourth-order valence-corrected chi connectivity index (χ4v) is 8.61. The van der Waals surface area contributed by atoms with Crippen LogP contribution in [-0.2, 0) is 20.8 Å². The Morgan fingerprint density at radius 3 is 2.49 bits per heavy atom. The molecule has 0 aromatic heterocycles. The Labute approximate surface area is 223 Å². The minimum Gasteiger partial charge on any atom is -0.394 e. The highest BCUT2D eigenvalue weighted by atomic mass is 32.2. The SMILES string of the molecule is CCCN1CC=C[C@@H]2S[C@]34C=CCN(C(C)C)C(=O)C3N([C@@H](CO)Cc3ccccc3)C(=O)[C@@H]4[C@@H]2C1=O. The van der Waals surface area contributed by atoms with Crippen LogP contribution in [0.1, 0.15) is 32.8 Å². The molecule has 4 heterocycles. The topological polar surface area (TPSA) is 81.2 Å². The van der Waals surface area contributed by atoms with Crippen LogP contribution >= 0.6 is 11.8 Å². The first-order chi connectivity index (χ1) is 17.8. The number of fused-ring (bicyclic) bond motifs is 2. The number of aliphatic hydroxyl groups excluding tert-OH is 1. The molecule has 1 unspecified atom stereocenters. The second kappa shape index (κ2) is 10.3. The van der Waals surface area contributed by atoms with Crippen molar-refractivity contribution in [1.82, 2.24) is 14.7 Å². The van der Waals surface area contributed by atoms with Gasteiger partial charge in [0.15, 0.2) is 0 Å². The molecule has 0 radical (unpaired) electrons. The lowest BCUT2D eigenvalue weighted by Crippen LogP contribution is -2.57. The Balaban J connectivity index is 1.62. The highest BCUT2D eigenvalue weighted by Crippen LogP contribution is 2.61. The molecule has 37 heavy (non-hydrogen) atoms. The summed E-state index contributed by atoms with van der Waals surface area (Å²) in [4.78, 5) is 47.9. The molecule has 6 atom stereocenters. The van der Waals surface area contributed by atoms with E-state index in [1.165, 1.54) is 0 Å². The van der Waals surface area contributed by atoms with E-state index in [9.17, 15) is 19.5 Å². The number of amides is 3. The van der Waals surface area contributed by atoms with Gasteiger partial charge < -0.3 is 19.8 Å².